The fraction of sp³-hybridized carbons (Fsp3) is 0.588. The molecule has 0 saturated heterocycles. The number of nitrogens with two attached hydrogens (primary N) is 1. The Morgan fingerprint density at radius 2 is 1.85 bits per heavy atom. The Hall–Kier alpha value is -1.35. The van der Waals surface area contributed by atoms with E-state index in [1.165, 1.54) is 18.4 Å². The number of nitrogens with one attached hydrogen (secondary N) is 1. The van der Waals surface area contributed by atoms with Gasteiger partial charge in [-0.1, -0.05) is 37.1 Å². The van der Waals surface area contributed by atoms with Gasteiger partial charge in [0.25, 0.3) is 0 Å². The fourth-order valence-corrected chi connectivity index (χ4v) is 3.14. The van der Waals surface area contributed by atoms with E-state index < -0.39 is 0 Å². The molecule has 1 aromatic carbocycles. The van der Waals surface area contributed by atoms with Gasteiger partial charge in [0.2, 0.25) is 5.91 Å². The van der Waals surface area contributed by atoms with Crippen molar-refractivity contribution < 1.29 is 4.79 Å². The zero-order chi connectivity index (χ0) is 14.0. The third kappa shape index (κ3) is 3.40. The smallest absolute Gasteiger partial charge is 0.224 e. The lowest BCUT2D eigenvalue weighted by Gasteiger charge is -2.15. The average Bonchev–Trinajstić information content (AvgIpc) is 2.93. The molecule has 0 bridgehead atoms. The van der Waals surface area contributed by atoms with E-state index in [1.807, 2.05) is 12.1 Å². The summed E-state index contributed by atoms with van der Waals surface area (Å²) < 4.78 is 0. The summed E-state index contributed by atoms with van der Waals surface area (Å²) in [5.41, 5.74) is 8.59. The molecule has 0 spiro atoms. The first-order chi connectivity index (χ1) is 9.65. The predicted octanol–water partition coefficient (Wildman–Crippen LogP) is 2.32. The number of benzene rings is 1. The molecule has 3 N–H and O–H groups in total. The molecule has 1 aromatic rings. The van der Waals surface area contributed by atoms with Crippen molar-refractivity contribution in [2.75, 3.05) is 0 Å². The Bertz CT molecular complexity index is 488. The van der Waals surface area contributed by atoms with Gasteiger partial charge in [0.15, 0.2) is 0 Å². The first kappa shape index (κ1) is 13.6. The van der Waals surface area contributed by atoms with Crippen LogP contribution in [0.3, 0.4) is 0 Å². The number of rotatable bonds is 5. The average molecular weight is 272 g/mol. The highest BCUT2D eigenvalue weighted by molar-refractivity contribution is 5.79. The molecule has 0 radical (unpaired) electrons. The Morgan fingerprint density at radius 3 is 2.50 bits per heavy atom. The van der Waals surface area contributed by atoms with Crippen LogP contribution in [-0.2, 0) is 17.6 Å². The largest absolute Gasteiger partial charge is 0.353 e. The van der Waals surface area contributed by atoms with E-state index >= 15 is 0 Å². The molecular weight excluding hydrogens is 248 g/mol. The lowest BCUT2D eigenvalue weighted by molar-refractivity contribution is -0.121. The van der Waals surface area contributed by atoms with Crippen LogP contribution in [0.15, 0.2) is 24.3 Å². The number of hydrogen-bond donors (Lipinski definition) is 2. The van der Waals surface area contributed by atoms with Crippen LogP contribution in [0.1, 0.15) is 49.7 Å². The summed E-state index contributed by atoms with van der Waals surface area (Å²) in [5, 5.41) is 3.16. The van der Waals surface area contributed by atoms with Gasteiger partial charge in [0.1, 0.15) is 0 Å². The molecule has 0 unspecified atom stereocenters. The Kier molecular flexibility index (Phi) is 3.79. The van der Waals surface area contributed by atoms with Gasteiger partial charge >= 0.3 is 0 Å². The van der Waals surface area contributed by atoms with Gasteiger partial charge in [0.05, 0.1) is 6.42 Å². The molecule has 3 heteroatoms. The molecule has 0 atom stereocenters. The molecule has 0 heterocycles. The Morgan fingerprint density at radius 1 is 1.20 bits per heavy atom. The topological polar surface area (TPSA) is 55.1 Å². The van der Waals surface area contributed by atoms with Crippen LogP contribution < -0.4 is 11.1 Å². The summed E-state index contributed by atoms with van der Waals surface area (Å²) in [5.74, 6) is 0.159. The molecule has 2 saturated carbocycles. The number of carbonyl (C=O) groups excluding carboxylic acids is 1. The highest BCUT2D eigenvalue weighted by Gasteiger charge is 2.38. The van der Waals surface area contributed by atoms with E-state index in [1.54, 1.807) is 0 Å². The van der Waals surface area contributed by atoms with Crippen LogP contribution in [0.2, 0.25) is 0 Å². The summed E-state index contributed by atoms with van der Waals surface area (Å²) in [4.78, 5) is 12.2. The van der Waals surface area contributed by atoms with E-state index in [0.29, 0.717) is 12.5 Å². The minimum absolute atomic E-state index is 0.00195. The molecule has 0 aromatic heterocycles. The van der Waals surface area contributed by atoms with Crippen molar-refractivity contribution in [1.82, 2.24) is 5.32 Å². The summed E-state index contributed by atoms with van der Waals surface area (Å²) >= 11 is 0. The number of carbonyl (C=O) groups is 1. The first-order valence-electron chi connectivity index (χ1n) is 7.80. The van der Waals surface area contributed by atoms with Gasteiger partial charge in [-0.05, 0) is 43.2 Å². The van der Waals surface area contributed by atoms with Crippen molar-refractivity contribution in [2.24, 2.45) is 5.73 Å². The molecule has 3 rings (SSSR count). The standard InChI is InChI=1S/C17H24N2O/c18-17(9-10-17)12-14-6-2-1-5-13(14)11-16(20)19-15-7-3-4-8-15/h1-2,5-6,15H,3-4,7-12,18H2,(H,19,20). The predicted molar refractivity (Wildman–Crippen MR) is 80.4 cm³/mol. The van der Waals surface area contributed by atoms with E-state index in [4.69, 9.17) is 5.73 Å². The highest BCUT2D eigenvalue weighted by Crippen LogP contribution is 2.36. The molecule has 3 nitrogen and oxygen atoms in total. The molecule has 2 aliphatic rings. The van der Waals surface area contributed by atoms with Crippen LogP contribution >= 0.6 is 0 Å². The number of hydrogen-bond acceptors (Lipinski definition) is 2. The van der Waals surface area contributed by atoms with Gasteiger partial charge in [0, 0.05) is 11.6 Å². The van der Waals surface area contributed by atoms with Crippen molar-refractivity contribution in [1.29, 1.82) is 0 Å². The van der Waals surface area contributed by atoms with Crippen LogP contribution in [-0.4, -0.2) is 17.5 Å². The van der Waals surface area contributed by atoms with Gasteiger partial charge in [-0.25, -0.2) is 0 Å². The second-order valence-corrected chi connectivity index (χ2v) is 6.53. The normalized spacial score (nSPS) is 20.9. The Balaban J connectivity index is 1.62. The highest BCUT2D eigenvalue weighted by atomic mass is 16.1. The van der Waals surface area contributed by atoms with E-state index in [0.717, 1.165) is 37.7 Å². The van der Waals surface area contributed by atoms with E-state index in [-0.39, 0.29) is 11.4 Å². The number of amides is 1. The second kappa shape index (κ2) is 5.57. The van der Waals surface area contributed by atoms with E-state index in [2.05, 4.69) is 17.4 Å². The maximum Gasteiger partial charge on any atom is 0.224 e. The lowest BCUT2D eigenvalue weighted by atomic mass is 9.97. The molecule has 20 heavy (non-hydrogen) atoms. The van der Waals surface area contributed by atoms with Crippen LogP contribution in [0, 0.1) is 0 Å². The quantitative estimate of drug-likeness (QED) is 0.864. The van der Waals surface area contributed by atoms with E-state index in [9.17, 15) is 4.79 Å². The van der Waals surface area contributed by atoms with Crippen LogP contribution in [0.5, 0.6) is 0 Å². The molecular formula is C17H24N2O. The minimum Gasteiger partial charge on any atom is -0.353 e. The van der Waals surface area contributed by atoms with Crippen molar-refractivity contribution in [3.05, 3.63) is 35.4 Å². The maximum atomic E-state index is 12.2. The van der Waals surface area contributed by atoms with Crippen molar-refractivity contribution in [2.45, 2.75) is 62.9 Å². The Labute approximate surface area is 120 Å². The minimum atomic E-state index is -0.00195. The fourth-order valence-electron chi connectivity index (χ4n) is 3.14. The third-order valence-corrected chi connectivity index (χ3v) is 4.62. The van der Waals surface area contributed by atoms with Crippen LogP contribution in [0.25, 0.3) is 0 Å². The zero-order valence-corrected chi connectivity index (χ0v) is 12.0. The second-order valence-electron chi connectivity index (χ2n) is 6.53. The molecule has 2 fully saturated rings. The summed E-state index contributed by atoms with van der Waals surface area (Å²) in [6.07, 6.45) is 8.38. The van der Waals surface area contributed by atoms with Crippen LogP contribution in [0.4, 0.5) is 0 Å². The molecule has 2 aliphatic carbocycles. The molecule has 0 aliphatic heterocycles. The van der Waals surface area contributed by atoms with Gasteiger partial charge in [-0.3, -0.25) is 4.79 Å². The molecule has 108 valence electrons. The lowest BCUT2D eigenvalue weighted by Crippen LogP contribution is -2.34. The monoisotopic (exact) mass is 272 g/mol. The maximum absolute atomic E-state index is 12.2. The van der Waals surface area contributed by atoms with Crippen molar-refractivity contribution in [3.8, 4) is 0 Å². The SMILES string of the molecule is NC1(Cc2ccccc2CC(=O)NC2CCCC2)CC1. The van der Waals surface area contributed by atoms with Crippen molar-refractivity contribution >= 4 is 5.91 Å². The summed E-state index contributed by atoms with van der Waals surface area (Å²) in [7, 11) is 0. The van der Waals surface area contributed by atoms with Gasteiger partial charge < -0.3 is 11.1 Å². The molecule has 1 amide bonds. The summed E-state index contributed by atoms with van der Waals surface area (Å²) in [6.45, 7) is 0. The third-order valence-electron chi connectivity index (χ3n) is 4.62. The first-order valence-corrected chi connectivity index (χ1v) is 7.80. The zero-order valence-electron chi connectivity index (χ0n) is 12.0. The van der Waals surface area contributed by atoms with Gasteiger partial charge in [-0.2, -0.15) is 0 Å². The van der Waals surface area contributed by atoms with Gasteiger partial charge in [-0.15, -0.1) is 0 Å². The summed E-state index contributed by atoms with van der Waals surface area (Å²) in [6, 6.07) is 8.64. The van der Waals surface area contributed by atoms with Crippen molar-refractivity contribution in [3.63, 3.8) is 0 Å².